The zero-order valence-electron chi connectivity index (χ0n) is 24.4. The summed E-state index contributed by atoms with van der Waals surface area (Å²) < 4.78 is 12.4. The molecule has 5 heteroatoms. The van der Waals surface area contributed by atoms with Gasteiger partial charge in [-0.25, -0.2) is 15.0 Å². The van der Waals surface area contributed by atoms with E-state index in [0.717, 1.165) is 71.3 Å². The Balaban J connectivity index is 1.19. The number of rotatable bonds is 3. The molecule has 0 N–H and O–H groups in total. The second-order valence-corrected chi connectivity index (χ2v) is 11.6. The molecule has 10 rings (SSSR count). The molecule has 3 aromatic heterocycles. The van der Waals surface area contributed by atoms with Gasteiger partial charge < -0.3 is 8.83 Å². The summed E-state index contributed by atoms with van der Waals surface area (Å²) in [6.07, 6.45) is 0. The molecule has 0 amide bonds. The minimum Gasteiger partial charge on any atom is -0.456 e. The highest BCUT2D eigenvalue weighted by molar-refractivity contribution is 6.17. The first-order chi connectivity index (χ1) is 22.8. The zero-order valence-corrected chi connectivity index (χ0v) is 24.4. The van der Waals surface area contributed by atoms with Crippen molar-refractivity contribution in [3.8, 4) is 34.2 Å². The number of aromatic nitrogens is 3. The van der Waals surface area contributed by atoms with Crippen LogP contribution in [0.5, 0.6) is 0 Å². The molecule has 5 nitrogen and oxygen atoms in total. The van der Waals surface area contributed by atoms with E-state index in [9.17, 15) is 0 Å². The van der Waals surface area contributed by atoms with Crippen LogP contribution in [0.4, 0.5) is 0 Å². The van der Waals surface area contributed by atoms with Gasteiger partial charge in [0.05, 0.1) is 0 Å². The molecule has 3 heterocycles. The van der Waals surface area contributed by atoms with Crippen molar-refractivity contribution in [1.82, 2.24) is 15.0 Å². The molecule has 0 spiro atoms. The topological polar surface area (TPSA) is 65.0 Å². The molecule has 0 atom stereocenters. The highest BCUT2D eigenvalue weighted by atomic mass is 16.3. The summed E-state index contributed by atoms with van der Waals surface area (Å²) in [5, 5.41) is 8.88. The van der Waals surface area contributed by atoms with E-state index in [4.69, 9.17) is 23.8 Å². The highest BCUT2D eigenvalue weighted by Crippen LogP contribution is 2.38. The predicted molar refractivity (Wildman–Crippen MR) is 186 cm³/mol. The predicted octanol–water partition coefficient (Wildman–Crippen LogP) is 11.0. The van der Waals surface area contributed by atoms with Crippen molar-refractivity contribution in [2.24, 2.45) is 0 Å². The van der Waals surface area contributed by atoms with Crippen molar-refractivity contribution in [3.05, 3.63) is 140 Å². The molecule has 214 valence electrons. The lowest BCUT2D eigenvalue weighted by molar-refractivity contribution is 0.669. The Morgan fingerprint density at radius 1 is 0.348 bits per heavy atom. The Bertz CT molecular complexity index is 2810. The molecule has 10 aromatic rings. The van der Waals surface area contributed by atoms with E-state index in [0.29, 0.717) is 17.5 Å². The first kappa shape index (κ1) is 25.0. The van der Waals surface area contributed by atoms with Gasteiger partial charge in [-0.2, -0.15) is 0 Å². The van der Waals surface area contributed by atoms with Crippen LogP contribution >= 0.6 is 0 Å². The van der Waals surface area contributed by atoms with E-state index in [1.165, 1.54) is 10.8 Å². The number of furan rings is 2. The van der Waals surface area contributed by atoms with Gasteiger partial charge in [0, 0.05) is 38.2 Å². The summed E-state index contributed by atoms with van der Waals surface area (Å²) in [4.78, 5) is 15.1. The summed E-state index contributed by atoms with van der Waals surface area (Å²) in [7, 11) is 0. The van der Waals surface area contributed by atoms with Gasteiger partial charge in [0.15, 0.2) is 17.5 Å². The molecule has 46 heavy (non-hydrogen) atoms. The molecular weight excluding hydrogens is 566 g/mol. The van der Waals surface area contributed by atoms with Crippen LogP contribution in [0, 0.1) is 0 Å². The lowest BCUT2D eigenvalue weighted by Crippen LogP contribution is -2.00. The third kappa shape index (κ3) is 3.79. The van der Waals surface area contributed by atoms with Crippen molar-refractivity contribution in [2.75, 3.05) is 0 Å². The fourth-order valence-corrected chi connectivity index (χ4v) is 6.73. The molecule has 0 aliphatic heterocycles. The van der Waals surface area contributed by atoms with E-state index in [-0.39, 0.29) is 0 Å². The highest BCUT2D eigenvalue weighted by Gasteiger charge is 2.18. The lowest BCUT2D eigenvalue weighted by atomic mass is 9.98. The van der Waals surface area contributed by atoms with E-state index in [2.05, 4.69) is 66.7 Å². The van der Waals surface area contributed by atoms with Gasteiger partial charge in [-0.05, 0) is 57.9 Å². The van der Waals surface area contributed by atoms with Crippen molar-refractivity contribution in [2.45, 2.75) is 0 Å². The summed E-state index contributed by atoms with van der Waals surface area (Å²) >= 11 is 0. The first-order valence-electron chi connectivity index (χ1n) is 15.3. The Morgan fingerprint density at radius 2 is 1.00 bits per heavy atom. The quantitative estimate of drug-likeness (QED) is 0.192. The number of nitrogens with zero attached hydrogens (tertiary/aromatic N) is 3. The SMILES string of the molecule is c1ccc(-c2nc(-c3ccc4c(ccc5cc6oc7ccccc7c6cc54)c3)nc(-c3cccc4oc5ccccc5c34)n2)cc1. The van der Waals surface area contributed by atoms with E-state index in [1.54, 1.807) is 0 Å². The second kappa shape index (κ2) is 9.58. The average molecular weight is 590 g/mol. The average Bonchev–Trinajstić information content (AvgIpc) is 3.68. The molecule has 0 aliphatic rings. The minimum absolute atomic E-state index is 0.605. The fourth-order valence-electron chi connectivity index (χ4n) is 6.73. The van der Waals surface area contributed by atoms with Crippen LogP contribution in [0.3, 0.4) is 0 Å². The van der Waals surface area contributed by atoms with E-state index >= 15 is 0 Å². The summed E-state index contributed by atoms with van der Waals surface area (Å²) in [5.74, 6) is 1.85. The number of fused-ring (bicyclic) bond motifs is 9. The van der Waals surface area contributed by atoms with Gasteiger partial charge >= 0.3 is 0 Å². The van der Waals surface area contributed by atoms with Gasteiger partial charge in [0.25, 0.3) is 0 Å². The molecule has 0 saturated carbocycles. The molecule has 0 unspecified atom stereocenters. The van der Waals surface area contributed by atoms with Crippen molar-refractivity contribution in [3.63, 3.8) is 0 Å². The Kier molecular flexibility index (Phi) is 5.22. The number of hydrogen-bond acceptors (Lipinski definition) is 5. The van der Waals surface area contributed by atoms with Crippen LogP contribution in [0.2, 0.25) is 0 Å². The Labute approximate surface area is 262 Å². The van der Waals surface area contributed by atoms with Crippen LogP contribution < -0.4 is 0 Å². The Morgan fingerprint density at radius 3 is 1.85 bits per heavy atom. The molecule has 0 saturated heterocycles. The van der Waals surface area contributed by atoms with Gasteiger partial charge in [-0.15, -0.1) is 0 Å². The molecule has 0 bridgehead atoms. The van der Waals surface area contributed by atoms with Crippen LogP contribution in [-0.2, 0) is 0 Å². The maximum atomic E-state index is 6.20. The van der Waals surface area contributed by atoms with E-state index < -0.39 is 0 Å². The van der Waals surface area contributed by atoms with Gasteiger partial charge in [0.2, 0.25) is 0 Å². The van der Waals surface area contributed by atoms with Crippen molar-refractivity contribution >= 4 is 65.4 Å². The molecule has 7 aromatic carbocycles. The second-order valence-electron chi connectivity index (χ2n) is 11.6. The summed E-state index contributed by atoms with van der Waals surface area (Å²) in [6.45, 7) is 0. The number of hydrogen-bond donors (Lipinski definition) is 0. The van der Waals surface area contributed by atoms with E-state index in [1.807, 2.05) is 72.8 Å². The molecular formula is C41H23N3O2. The van der Waals surface area contributed by atoms with Crippen LogP contribution in [0.1, 0.15) is 0 Å². The van der Waals surface area contributed by atoms with Gasteiger partial charge in [-0.1, -0.05) is 103 Å². The van der Waals surface area contributed by atoms with Gasteiger partial charge in [-0.3, -0.25) is 0 Å². The summed E-state index contributed by atoms with van der Waals surface area (Å²) in [5.41, 5.74) is 6.21. The standard InChI is InChI=1S/C41H23N3O2/c1-2-9-24(10-3-1)39-42-40(44-41(43-39)31-13-8-16-36-38(31)30-12-5-7-15-35(30)45-36)27-19-20-28-25(21-27)17-18-26-22-37-33(23-32(26)28)29-11-4-6-14-34(29)46-37/h1-23H. The fraction of sp³-hybridized carbons (Fsp3) is 0. The maximum Gasteiger partial charge on any atom is 0.164 e. The third-order valence-electron chi connectivity index (χ3n) is 8.90. The zero-order chi connectivity index (χ0) is 30.2. The Hall–Kier alpha value is -6.33. The van der Waals surface area contributed by atoms with Crippen LogP contribution in [-0.4, -0.2) is 15.0 Å². The summed E-state index contributed by atoms with van der Waals surface area (Å²) in [6, 6.07) is 47.6. The molecule has 0 aliphatic carbocycles. The first-order valence-corrected chi connectivity index (χ1v) is 15.3. The molecule has 0 radical (unpaired) electrons. The largest absolute Gasteiger partial charge is 0.456 e. The monoisotopic (exact) mass is 589 g/mol. The lowest BCUT2D eigenvalue weighted by Gasteiger charge is -2.10. The number of para-hydroxylation sites is 2. The normalized spacial score (nSPS) is 11.9. The van der Waals surface area contributed by atoms with Crippen LogP contribution in [0.25, 0.3) is 99.6 Å². The third-order valence-corrected chi connectivity index (χ3v) is 8.90. The van der Waals surface area contributed by atoms with Crippen molar-refractivity contribution < 1.29 is 8.83 Å². The minimum atomic E-state index is 0.605. The molecule has 0 fully saturated rings. The van der Waals surface area contributed by atoms with Gasteiger partial charge in [0.1, 0.15) is 22.3 Å². The maximum absolute atomic E-state index is 6.20. The smallest absolute Gasteiger partial charge is 0.164 e. The van der Waals surface area contributed by atoms with Crippen molar-refractivity contribution in [1.29, 1.82) is 0 Å². The number of benzene rings is 7. The van der Waals surface area contributed by atoms with Crippen LogP contribution in [0.15, 0.2) is 148 Å².